The smallest absolute Gasteiger partial charge is 0.305 e. The lowest BCUT2D eigenvalue weighted by Gasteiger charge is -2.53. The van der Waals surface area contributed by atoms with Crippen LogP contribution >= 0.6 is 0 Å². The van der Waals surface area contributed by atoms with Crippen LogP contribution in [-0.2, 0) is 9.59 Å². The lowest BCUT2D eigenvalue weighted by Crippen LogP contribution is -2.64. The summed E-state index contributed by atoms with van der Waals surface area (Å²) in [6, 6.07) is 0. The summed E-state index contributed by atoms with van der Waals surface area (Å²) in [5.41, 5.74) is -1.31. The Balaban J connectivity index is 5.39. The van der Waals surface area contributed by atoms with Crippen molar-refractivity contribution < 1.29 is 19.8 Å². The largest absolute Gasteiger partial charge is 0.481 e. The van der Waals surface area contributed by atoms with Gasteiger partial charge in [0.25, 0.3) is 0 Å². The topological polar surface area (TPSA) is 86.6 Å². The Morgan fingerprint density at radius 3 is 1.58 bits per heavy atom. The van der Waals surface area contributed by atoms with Crippen molar-refractivity contribution in [2.24, 2.45) is 10.8 Å². The van der Waals surface area contributed by atoms with E-state index in [1.54, 1.807) is 0 Å². The fourth-order valence-corrected chi connectivity index (χ4v) is 2.86. The first-order valence-electron chi connectivity index (χ1n) is 6.52. The molecule has 5 heteroatoms. The van der Waals surface area contributed by atoms with E-state index in [4.69, 9.17) is 5.11 Å². The van der Waals surface area contributed by atoms with Gasteiger partial charge in [0.15, 0.2) is 0 Å². The zero-order chi connectivity index (χ0) is 15.5. The van der Waals surface area contributed by atoms with Crippen molar-refractivity contribution in [2.75, 3.05) is 6.54 Å². The van der Waals surface area contributed by atoms with Crippen molar-refractivity contribution in [3.05, 3.63) is 0 Å². The van der Waals surface area contributed by atoms with Gasteiger partial charge in [-0.3, -0.25) is 9.59 Å². The third-order valence-corrected chi connectivity index (χ3v) is 3.74. The van der Waals surface area contributed by atoms with Gasteiger partial charge in [-0.1, -0.05) is 41.5 Å². The molecule has 5 nitrogen and oxygen atoms in total. The molecular weight excluding hydrogens is 246 g/mol. The van der Waals surface area contributed by atoms with Crippen LogP contribution in [0.1, 0.15) is 54.4 Å². The number of carbonyl (C=O) groups is 2. The number of carboxylic acids is 2. The first kappa shape index (κ1) is 17.9. The quantitative estimate of drug-likeness (QED) is 0.691. The van der Waals surface area contributed by atoms with E-state index in [-0.39, 0.29) is 30.2 Å². The highest BCUT2D eigenvalue weighted by Gasteiger charge is 2.51. The molecule has 0 aromatic rings. The fourth-order valence-electron chi connectivity index (χ4n) is 2.86. The van der Waals surface area contributed by atoms with Crippen LogP contribution in [0, 0.1) is 10.8 Å². The average Bonchev–Trinajstić information content (AvgIpc) is 2.10. The molecule has 0 unspecified atom stereocenters. The highest BCUT2D eigenvalue weighted by molar-refractivity contribution is 5.69. The fraction of sp³-hybridized carbons (Fsp3) is 0.857. The Hall–Kier alpha value is -1.10. The maximum atomic E-state index is 11.2. The molecule has 0 aliphatic heterocycles. The van der Waals surface area contributed by atoms with Gasteiger partial charge < -0.3 is 15.5 Å². The number of rotatable bonds is 6. The van der Waals surface area contributed by atoms with E-state index in [9.17, 15) is 14.7 Å². The van der Waals surface area contributed by atoms with Gasteiger partial charge in [0.2, 0.25) is 0 Å². The van der Waals surface area contributed by atoms with E-state index in [2.05, 4.69) is 5.32 Å². The van der Waals surface area contributed by atoms with Crippen LogP contribution in [0.3, 0.4) is 0 Å². The molecule has 0 aliphatic carbocycles. The van der Waals surface area contributed by atoms with E-state index < -0.39 is 17.5 Å². The van der Waals surface area contributed by atoms with Gasteiger partial charge in [-0.2, -0.15) is 0 Å². The molecule has 0 rings (SSSR count). The van der Waals surface area contributed by atoms with Gasteiger partial charge in [0.1, 0.15) is 0 Å². The molecule has 0 aromatic heterocycles. The van der Waals surface area contributed by atoms with Gasteiger partial charge in [-0.05, 0) is 10.8 Å². The molecule has 3 N–H and O–H groups in total. The zero-order valence-electron chi connectivity index (χ0n) is 12.8. The molecule has 0 saturated carbocycles. The zero-order valence-corrected chi connectivity index (χ0v) is 12.8. The van der Waals surface area contributed by atoms with Gasteiger partial charge in [0.05, 0.1) is 12.8 Å². The summed E-state index contributed by atoms with van der Waals surface area (Å²) < 4.78 is 0. The molecule has 0 spiro atoms. The summed E-state index contributed by atoms with van der Waals surface area (Å²) in [4.78, 5) is 21.9. The van der Waals surface area contributed by atoms with Crippen molar-refractivity contribution >= 4 is 11.9 Å². The molecule has 0 bridgehead atoms. The van der Waals surface area contributed by atoms with E-state index in [1.807, 2.05) is 41.5 Å². The maximum absolute atomic E-state index is 11.2. The SMILES string of the molecule is CC(C)(C)C(CC(=O)O)(NCCC(=O)O)C(C)(C)C. The van der Waals surface area contributed by atoms with Crippen LogP contribution in [-0.4, -0.2) is 34.2 Å². The van der Waals surface area contributed by atoms with Crippen LogP contribution in [0.5, 0.6) is 0 Å². The molecule has 112 valence electrons. The van der Waals surface area contributed by atoms with Crippen LogP contribution < -0.4 is 5.32 Å². The molecule has 0 amide bonds. The maximum Gasteiger partial charge on any atom is 0.305 e. The highest BCUT2D eigenvalue weighted by Crippen LogP contribution is 2.46. The van der Waals surface area contributed by atoms with Crippen molar-refractivity contribution in [1.29, 1.82) is 0 Å². The summed E-state index contributed by atoms with van der Waals surface area (Å²) in [5.74, 6) is -1.77. The minimum atomic E-state index is -0.889. The summed E-state index contributed by atoms with van der Waals surface area (Å²) in [5, 5.41) is 21.2. The Labute approximate surface area is 115 Å². The minimum absolute atomic E-state index is 0.0203. The van der Waals surface area contributed by atoms with Crippen molar-refractivity contribution in [2.45, 2.75) is 59.9 Å². The van der Waals surface area contributed by atoms with E-state index in [1.165, 1.54) is 0 Å². The lowest BCUT2D eigenvalue weighted by molar-refractivity contribution is -0.143. The van der Waals surface area contributed by atoms with Crippen molar-refractivity contribution in [3.63, 3.8) is 0 Å². The second-order valence-electron chi connectivity index (χ2n) is 7.05. The first-order valence-corrected chi connectivity index (χ1v) is 6.52. The minimum Gasteiger partial charge on any atom is -0.481 e. The molecule has 0 heterocycles. The summed E-state index contributed by atoms with van der Waals surface area (Å²) in [6.45, 7) is 12.1. The van der Waals surface area contributed by atoms with E-state index >= 15 is 0 Å². The number of hydrogen-bond donors (Lipinski definition) is 3. The van der Waals surface area contributed by atoms with Crippen LogP contribution in [0.4, 0.5) is 0 Å². The van der Waals surface area contributed by atoms with Crippen LogP contribution in [0.2, 0.25) is 0 Å². The predicted octanol–water partition coefficient (Wildman–Crippen LogP) is 2.36. The third-order valence-electron chi connectivity index (χ3n) is 3.74. The van der Waals surface area contributed by atoms with Gasteiger partial charge in [-0.25, -0.2) is 0 Å². The van der Waals surface area contributed by atoms with E-state index in [0.29, 0.717) is 0 Å². The van der Waals surface area contributed by atoms with E-state index in [0.717, 1.165) is 0 Å². The summed E-state index contributed by atoms with van der Waals surface area (Å²) in [7, 11) is 0. The Bertz CT molecular complexity index is 322. The highest BCUT2D eigenvalue weighted by atomic mass is 16.4. The molecule has 0 aliphatic rings. The van der Waals surface area contributed by atoms with Crippen molar-refractivity contribution in [1.82, 2.24) is 5.32 Å². The van der Waals surface area contributed by atoms with Gasteiger partial charge in [-0.15, -0.1) is 0 Å². The normalized spacial score (nSPS) is 13.4. The predicted molar refractivity (Wildman–Crippen MR) is 74.1 cm³/mol. The molecule has 0 radical (unpaired) electrons. The van der Waals surface area contributed by atoms with Crippen LogP contribution in [0.15, 0.2) is 0 Å². The molecule has 19 heavy (non-hydrogen) atoms. The van der Waals surface area contributed by atoms with Crippen LogP contribution in [0.25, 0.3) is 0 Å². The summed E-state index contributed by atoms with van der Waals surface area (Å²) in [6.07, 6.45) is -0.0624. The van der Waals surface area contributed by atoms with Gasteiger partial charge >= 0.3 is 11.9 Å². The second kappa shape index (κ2) is 5.90. The molecular formula is C14H27NO4. The Morgan fingerprint density at radius 1 is 0.895 bits per heavy atom. The van der Waals surface area contributed by atoms with Crippen molar-refractivity contribution in [3.8, 4) is 0 Å². The van der Waals surface area contributed by atoms with Gasteiger partial charge in [0, 0.05) is 12.1 Å². The third kappa shape index (κ3) is 4.49. The molecule has 0 atom stereocenters. The Morgan fingerprint density at radius 2 is 1.32 bits per heavy atom. The average molecular weight is 273 g/mol. The second-order valence-corrected chi connectivity index (χ2v) is 7.05. The summed E-state index contributed by atoms with van der Waals surface area (Å²) >= 11 is 0. The number of hydrogen-bond acceptors (Lipinski definition) is 3. The lowest BCUT2D eigenvalue weighted by atomic mass is 9.58. The first-order chi connectivity index (χ1) is 8.33. The monoisotopic (exact) mass is 273 g/mol. The standard InChI is InChI=1S/C14H27NO4/c1-12(2,3)14(9-11(18)19,13(4,5)6)15-8-7-10(16)17/h15H,7-9H2,1-6H3,(H,16,17)(H,18,19). The molecule has 0 aromatic carbocycles. The Kier molecular flexibility index (Phi) is 5.56. The molecule has 0 saturated heterocycles. The molecule has 0 fully saturated rings. The number of nitrogens with one attached hydrogen (secondary N) is 1. The number of aliphatic carboxylic acids is 2. The number of carboxylic acid groups (broad SMARTS) is 2.